The minimum atomic E-state index is 0.493. The first kappa shape index (κ1) is 14.3. The predicted octanol–water partition coefficient (Wildman–Crippen LogP) is 2.26. The van der Waals surface area contributed by atoms with E-state index in [1.54, 1.807) is 0 Å². The summed E-state index contributed by atoms with van der Waals surface area (Å²) in [4.78, 5) is 2.60. The van der Waals surface area contributed by atoms with Crippen LogP contribution in [0.5, 0.6) is 0 Å². The first-order valence-corrected chi connectivity index (χ1v) is 7.78. The van der Waals surface area contributed by atoms with E-state index in [9.17, 15) is 0 Å². The number of hydrogen-bond donors (Lipinski definition) is 1. The molecule has 3 atom stereocenters. The third-order valence-electron chi connectivity index (χ3n) is 4.57. The van der Waals surface area contributed by atoms with Crippen molar-refractivity contribution in [2.45, 2.75) is 64.6 Å². The number of hydrogen-bond acceptors (Lipinski definition) is 3. The van der Waals surface area contributed by atoms with Crippen LogP contribution in [0.4, 0.5) is 0 Å². The van der Waals surface area contributed by atoms with E-state index in [4.69, 9.17) is 4.74 Å². The Kier molecular flexibility index (Phi) is 5.46. The van der Waals surface area contributed by atoms with Crippen molar-refractivity contribution in [3.8, 4) is 0 Å². The van der Waals surface area contributed by atoms with Crippen molar-refractivity contribution in [2.24, 2.45) is 5.92 Å². The van der Waals surface area contributed by atoms with Gasteiger partial charge in [0.05, 0.1) is 6.10 Å². The van der Waals surface area contributed by atoms with E-state index in [0.717, 1.165) is 18.9 Å². The zero-order valence-corrected chi connectivity index (χ0v) is 12.3. The van der Waals surface area contributed by atoms with E-state index in [2.05, 4.69) is 31.0 Å². The molecule has 0 aromatic carbocycles. The number of nitrogens with one attached hydrogen (secondary N) is 1. The topological polar surface area (TPSA) is 24.5 Å². The maximum Gasteiger partial charge on any atom is 0.0587 e. The van der Waals surface area contributed by atoms with E-state index >= 15 is 0 Å². The Hall–Kier alpha value is -0.120. The lowest BCUT2D eigenvalue weighted by atomic mass is 10.0. The third kappa shape index (κ3) is 3.94. The molecular formula is C15H30N2O. The smallest absolute Gasteiger partial charge is 0.0587 e. The van der Waals surface area contributed by atoms with Crippen molar-refractivity contribution in [2.75, 3.05) is 26.2 Å². The summed E-state index contributed by atoms with van der Waals surface area (Å²) in [6.45, 7) is 11.6. The molecule has 18 heavy (non-hydrogen) atoms. The Morgan fingerprint density at radius 1 is 1.33 bits per heavy atom. The number of ether oxygens (including phenoxy) is 1. The number of likely N-dealkylation sites (tertiary alicyclic amines) is 1. The second kappa shape index (κ2) is 6.88. The fourth-order valence-corrected chi connectivity index (χ4v) is 3.18. The van der Waals surface area contributed by atoms with Crippen LogP contribution < -0.4 is 5.32 Å². The van der Waals surface area contributed by atoms with Crippen LogP contribution in [0.25, 0.3) is 0 Å². The summed E-state index contributed by atoms with van der Waals surface area (Å²) in [7, 11) is 0. The van der Waals surface area contributed by atoms with Gasteiger partial charge in [0.15, 0.2) is 0 Å². The van der Waals surface area contributed by atoms with Crippen LogP contribution in [-0.4, -0.2) is 49.3 Å². The predicted molar refractivity (Wildman–Crippen MR) is 75.9 cm³/mol. The lowest BCUT2D eigenvalue weighted by Gasteiger charge is -2.30. The molecule has 3 unspecified atom stereocenters. The van der Waals surface area contributed by atoms with Crippen LogP contribution in [0.3, 0.4) is 0 Å². The van der Waals surface area contributed by atoms with Crippen molar-refractivity contribution in [3.63, 3.8) is 0 Å². The van der Waals surface area contributed by atoms with Gasteiger partial charge < -0.3 is 15.0 Å². The molecule has 3 nitrogen and oxygen atoms in total. The molecule has 2 aliphatic rings. The van der Waals surface area contributed by atoms with Crippen LogP contribution in [0.2, 0.25) is 0 Å². The van der Waals surface area contributed by atoms with Gasteiger partial charge in [-0.1, -0.05) is 6.92 Å². The molecule has 2 fully saturated rings. The average Bonchev–Trinajstić information content (AvgIpc) is 2.85. The van der Waals surface area contributed by atoms with Gasteiger partial charge in [-0.3, -0.25) is 0 Å². The van der Waals surface area contributed by atoms with E-state index in [0.29, 0.717) is 18.2 Å². The third-order valence-corrected chi connectivity index (χ3v) is 4.57. The Bertz CT molecular complexity index is 245. The molecule has 0 aromatic heterocycles. The van der Waals surface area contributed by atoms with Gasteiger partial charge in [-0.05, 0) is 58.5 Å². The molecule has 106 valence electrons. The fourth-order valence-electron chi connectivity index (χ4n) is 3.18. The van der Waals surface area contributed by atoms with Crippen molar-refractivity contribution in [3.05, 3.63) is 0 Å². The second-order valence-corrected chi connectivity index (χ2v) is 6.27. The Labute approximate surface area is 112 Å². The number of nitrogens with zero attached hydrogens (tertiary/aromatic N) is 1. The molecule has 2 heterocycles. The zero-order valence-electron chi connectivity index (χ0n) is 12.3. The van der Waals surface area contributed by atoms with E-state index < -0.39 is 0 Å². The standard InChI is InChI=1S/C15H30N2O/c1-4-15-9-14(6-8-18-15)16-10-13-5-7-17(11-13)12(2)3/h12-16H,4-11H2,1-3H3. The largest absolute Gasteiger partial charge is 0.378 e. The lowest BCUT2D eigenvalue weighted by Crippen LogP contribution is -2.41. The van der Waals surface area contributed by atoms with Gasteiger partial charge in [0, 0.05) is 25.2 Å². The molecule has 0 saturated carbocycles. The molecule has 0 radical (unpaired) electrons. The lowest BCUT2D eigenvalue weighted by molar-refractivity contribution is -0.000546. The average molecular weight is 254 g/mol. The van der Waals surface area contributed by atoms with Crippen LogP contribution >= 0.6 is 0 Å². The second-order valence-electron chi connectivity index (χ2n) is 6.27. The summed E-state index contributed by atoms with van der Waals surface area (Å²) >= 11 is 0. The molecule has 0 aromatic rings. The van der Waals surface area contributed by atoms with Crippen LogP contribution in [0.1, 0.15) is 46.5 Å². The van der Waals surface area contributed by atoms with Gasteiger partial charge in [-0.2, -0.15) is 0 Å². The summed E-state index contributed by atoms with van der Waals surface area (Å²) in [5.74, 6) is 0.857. The molecule has 0 amide bonds. The van der Waals surface area contributed by atoms with Crippen LogP contribution in [0, 0.1) is 5.92 Å². The van der Waals surface area contributed by atoms with Gasteiger partial charge in [-0.15, -0.1) is 0 Å². The summed E-state index contributed by atoms with van der Waals surface area (Å²) in [5.41, 5.74) is 0. The first-order valence-electron chi connectivity index (χ1n) is 7.78. The van der Waals surface area contributed by atoms with Crippen molar-refractivity contribution in [1.82, 2.24) is 10.2 Å². The highest BCUT2D eigenvalue weighted by Crippen LogP contribution is 2.20. The van der Waals surface area contributed by atoms with Gasteiger partial charge in [-0.25, -0.2) is 0 Å². The van der Waals surface area contributed by atoms with Crippen LogP contribution in [-0.2, 0) is 4.74 Å². The van der Waals surface area contributed by atoms with Crippen molar-refractivity contribution >= 4 is 0 Å². The zero-order chi connectivity index (χ0) is 13.0. The first-order chi connectivity index (χ1) is 8.69. The molecule has 2 saturated heterocycles. The molecule has 2 rings (SSSR count). The van der Waals surface area contributed by atoms with Crippen molar-refractivity contribution < 1.29 is 4.74 Å². The summed E-state index contributed by atoms with van der Waals surface area (Å²) in [6, 6.07) is 1.40. The molecule has 3 heteroatoms. The monoisotopic (exact) mass is 254 g/mol. The molecule has 0 aliphatic carbocycles. The molecule has 2 aliphatic heterocycles. The maximum atomic E-state index is 5.73. The van der Waals surface area contributed by atoms with E-state index in [1.165, 1.54) is 38.9 Å². The van der Waals surface area contributed by atoms with Crippen LogP contribution in [0.15, 0.2) is 0 Å². The molecular weight excluding hydrogens is 224 g/mol. The minimum absolute atomic E-state index is 0.493. The van der Waals surface area contributed by atoms with E-state index in [1.807, 2.05) is 0 Å². The fraction of sp³-hybridized carbons (Fsp3) is 1.00. The van der Waals surface area contributed by atoms with Gasteiger partial charge in [0.25, 0.3) is 0 Å². The van der Waals surface area contributed by atoms with Gasteiger partial charge >= 0.3 is 0 Å². The molecule has 0 spiro atoms. The van der Waals surface area contributed by atoms with E-state index in [-0.39, 0.29) is 0 Å². The minimum Gasteiger partial charge on any atom is -0.378 e. The Balaban J connectivity index is 1.66. The highest BCUT2D eigenvalue weighted by molar-refractivity contribution is 4.82. The quantitative estimate of drug-likeness (QED) is 0.814. The maximum absolute atomic E-state index is 5.73. The highest BCUT2D eigenvalue weighted by atomic mass is 16.5. The summed E-state index contributed by atoms with van der Waals surface area (Å²) in [6.07, 6.45) is 5.41. The van der Waals surface area contributed by atoms with Gasteiger partial charge in [0.1, 0.15) is 0 Å². The Morgan fingerprint density at radius 2 is 2.17 bits per heavy atom. The number of rotatable bonds is 5. The summed E-state index contributed by atoms with van der Waals surface area (Å²) < 4.78 is 5.73. The molecule has 1 N–H and O–H groups in total. The highest BCUT2D eigenvalue weighted by Gasteiger charge is 2.26. The molecule has 0 bridgehead atoms. The van der Waals surface area contributed by atoms with Gasteiger partial charge in [0.2, 0.25) is 0 Å². The van der Waals surface area contributed by atoms with Crippen molar-refractivity contribution in [1.29, 1.82) is 0 Å². The Morgan fingerprint density at radius 3 is 2.83 bits per heavy atom. The SMILES string of the molecule is CCC1CC(NCC2CCN(C(C)C)C2)CCO1. The normalized spacial score (nSPS) is 34.3. The summed E-state index contributed by atoms with van der Waals surface area (Å²) in [5, 5.41) is 3.78.